The number of nitrogens with one attached hydrogen (secondary N) is 1. The molecule has 5 nitrogen and oxygen atoms in total. The first kappa shape index (κ1) is 19.0. The summed E-state index contributed by atoms with van der Waals surface area (Å²) < 4.78 is 5.39. The highest BCUT2D eigenvalue weighted by Crippen LogP contribution is 2.39. The van der Waals surface area contributed by atoms with Gasteiger partial charge in [0.25, 0.3) is 11.8 Å². The van der Waals surface area contributed by atoms with Gasteiger partial charge in [0.2, 0.25) is 0 Å². The second-order valence-electron chi connectivity index (χ2n) is 6.92. The van der Waals surface area contributed by atoms with Crippen molar-refractivity contribution >= 4 is 51.4 Å². The number of nitrogens with zero attached hydrogens (tertiary/aromatic N) is 1. The SMILES string of the molecule is O=C1C(SCc2ccco2)=C(c2cccs2)C(=O)N1CCc1c[nH]c2ccccc12. The third kappa shape index (κ3) is 3.40. The van der Waals surface area contributed by atoms with E-state index >= 15 is 0 Å². The van der Waals surface area contributed by atoms with Crippen molar-refractivity contribution in [3.8, 4) is 0 Å². The normalized spacial score (nSPS) is 14.5. The van der Waals surface area contributed by atoms with Crippen LogP contribution < -0.4 is 0 Å². The number of furan rings is 1. The Hall–Kier alpha value is -3.03. The fourth-order valence-electron chi connectivity index (χ4n) is 3.64. The van der Waals surface area contributed by atoms with E-state index in [0.717, 1.165) is 27.1 Å². The summed E-state index contributed by atoms with van der Waals surface area (Å²) in [7, 11) is 0. The van der Waals surface area contributed by atoms with Crippen LogP contribution >= 0.6 is 23.1 Å². The van der Waals surface area contributed by atoms with Crippen LogP contribution in [0, 0.1) is 0 Å². The molecule has 2 amide bonds. The molecule has 7 heteroatoms. The molecule has 1 aromatic carbocycles. The average Bonchev–Trinajstić information content (AvgIpc) is 3.54. The summed E-state index contributed by atoms with van der Waals surface area (Å²) in [4.78, 5) is 32.4. The van der Waals surface area contributed by atoms with Gasteiger partial charge in [-0.25, -0.2) is 0 Å². The Morgan fingerprint density at radius 3 is 2.73 bits per heavy atom. The van der Waals surface area contributed by atoms with Crippen LogP contribution in [0.5, 0.6) is 0 Å². The number of benzene rings is 1. The molecule has 0 bridgehead atoms. The Morgan fingerprint density at radius 1 is 1.03 bits per heavy atom. The Labute approximate surface area is 181 Å². The van der Waals surface area contributed by atoms with Crippen LogP contribution in [0.15, 0.2) is 75.7 Å². The zero-order chi connectivity index (χ0) is 20.5. The molecule has 0 aliphatic carbocycles. The van der Waals surface area contributed by atoms with Crippen molar-refractivity contribution in [2.24, 2.45) is 0 Å². The summed E-state index contributed by atoms with van der Waals surface area (Å²) in [6.07, 6.45) is 4.17. The van der Waals surface area contributed by atoms with Crippen molar-refractivity contribution in [2.75, 3.05) is 6.54 Å². The summed E-state index contributed by atoms with van der Waals surface area (Å²) in [5.41, 5.74) is 2.66. The quantitative estimate of drug-likeness (QED) is 0.412. The molecule has 1 aliphatic rings. The van der Waals surface area contributed by atoms with Gasteiger partial charge in [-0.3, -0.25) is 14.5 Å². The minimum absolute atomic E-state index is 0.218. The number of rotatable bonds is 7. The minimum atomic E-state index is -0.222. The van der Waals surface area contributed by atoms with Gasteiger partial charge in [0.05, 0.1) is 22.5 Å². The van der Waals surface area contributed by atoms with Crippen molar-refractivity contribution in [3.05, 3.63) is 87.5 Å². The number of fused-ring (bicyclic) bond motifs is 1. The van der Waals surface area contributed by atoms with E-state index in [-0.39, 0.29) is 11.8 Å². The number of hydrogen-bond acceptors (Lipinski definition) is 5. The first-order valence-corrected chi connectivity index (χ1v) is 11.4. The van der Waals surface area contributed by atoms with E-state index in [1.165, 1.54) is 28.0 Å². The summed E-state index contributed by atoms with van der Waals surface area (Å²) in [6.45, 7) is 0.346. The molecule has 0 saturated heterocycles. The monoisotopic (exact) mass is 434 g/mol. The lowest BCUT2D eigenvalue weighted by atomic mass is 10.1. The maximum absolute atomic E-state index is 13.2. The lowest BCUT2D eigenvalue weighted by Crippen LogP contribution is -2.33. The number of thioether (sulfide) groups is 1. The van der Waals surface area contributed by atoms with E-state index in [9.17, 15) is 9.59 Å². The molecule has 1 N–H and O–H groups in total. The number of H-pyrrole nitrogens is 1. The molecule has 150 valence electrons. The Kier molecular flexibility index (Phi) is 5.06. The van der Waals surface area contributed by atoms with Gasteiger partial charge < -0.3 is 9.40 Å². The highest BCUT2D eigenvalue weighted by Gasteiger charge is 2.39. The van der Waals surface area contributed by atoms with Gasteiger partial charge in [-0.05, 0) is 41.6 Å². The Balaban J connectivity index is 1.39. The standard InChI is InChI=1S/C23H18N2O3S2/c26-22-20(19-8-4-12-29-19)21(30-14-16-5-3-11-28-16)23(27)25(22)10-9-15-13-24-18-7-2-1-6-17(15)18/h1-8,11-13,24H,9-10,14H2. The van der Waals surface area contributed by atoms with E-state index in [1.807, 2.05) is 54.0 Å². The molecule has 4 heterocycles. The van der Waals surface area contributed by atoms with Crippen molar-refractivity contribution < 1.29 is 14.0 Å². The second kappa shape index (κ2) is 8.01. The zero-order valence-corrected chi connectivity index (χ0v) is 17.6. The van der Waals surface area contributed by atoms with Gasteiger partial charge >= 0.3 is 0 Å². The molecule has 0 saturated carbocycles. The predicted octanol–water partition coefficient (Wildman–Crippen LogP) is 5.08. The second-order valence-corrected chi connectivity index (χ2v) is 8.85. The van der Waals surface area contributed by atoms with Gasteiger partial charge in [-0.1, -0.05) is 24.3 Å². The van der Waals surface area contributed by atoms with E-state index in [4.69, 9.17) is 4.42 Å². The molecule has 0 spiro atoms. The third-order valence-electron chi connectivity index (χ3n) is 5.11. The van der Waals surface area contributed by atoms with Crippen LogP contribution in [-0.2, 0) is 21.8 Å². The largest absolute Gasteiger partial charge is 0.468 e. The summed E-state index contributed by atoms with van der Waals surface area (Å²) in [6, 6.07) is 15.5. The molecule has 0 radical (unpaired) electrons. The summed E-state index contributed by atoms with van der Waals surface area (Å²) in [5, 5.41) is 3.04. The molecule has 3 aromatic heterocycles. The maximum Gasteiger partial charge on any atom is 0.268 e. The van der Waals surface area contributed by atoms with E-state index in [2.05, 4.69) is 11.1 Å². The van der Waals surface area contributed by atoms with Crippen LogP contribution in [0.1, 0.15) is 16.2 Å². The van der Waals surface area contributed by atoms with Crippen molar-refractivity contribution in [3.63, 3.8) is 0 Å². The van der Waals surface area contributed by atoms with Crippen LogP contribution in [0.3, 0.4) is 0 Å². The molecule has 0 fully saturated rings. The first-order chi connectivity index (χ1) is 14.7. The summed E-state index contributed by atoms with van der Waals surface area (Å²) in [5.74, 6) is 0.839. The number of carbonyl (C=O) groups excluding carboxylic acids is 2. The number of aromatic amines is 1. The highest BCUT2D eigenvalue weighted by molar-refractivity contribution is 8.03. The van der Waals surface area contributed by atoms with Gasteiger partial charge in [0.1, 0.15) is 5.76 Å². The number of para-hydroxylation sites is 1. The van der Waals surface area contributed by atoms with Gasteiger partial charge in [-0.2, -0.15) is 0 Å². The molecule has 5 rings (SSSR count). The molecule has 0 unspecified atom stereocenters. The fourth-order valence-corrected chi connectivity index (χ4v) is 5.50. The first-order valence-electron chi connectivity index (χ1n) is 9.57. The number of imide groups is 1. The molecule has 30 heavy (non-hydrogen) atoms. The average molecular weight is 435 g/mol. The van der Waals surface area contributed by atoms with Crippen molar-refractivity contribution in [1.82, 2.24) is 9.88 Å². The predicted molar refractivity (Wildman–Crippen MR) is 120 cm³/mol. The summed E-state index contributed by atoms with van der Waals surface area (Å²) >= 11 is 2.84. The number of hydrogen-bond donors (Lipinski definition) is 1. The topological polar surface area (TPSA) is 66.3 Å². The maximum atomic E-state index is 13.2. The van der Waals surface area contributed by atoms with Crippen LogP contribution in [-0.4, -0.2) is 28.2 Å². The van der Waals surface area contributed by atoms with Gasteiger partial charge in [0.15, 0.2) is 0 Å². The van der Waals surface area contributed by atoms with Gasteiger partial charge in [0, 0.05) is 28.5 Å². The number of thiophene rings is 1. The molecular formula is C23H18N2O3S2. The molecule has 0 atom stereocenters. The lowest BCUT2D eigenvalue weighted by molar-refractivity contribution is -0.136. The van der Waals surface area contributed by atoms with E-state index in [0.29, 0.717) is 29.2 Å². The lowest BCUT2D eigenvalue weighted by Gasteiger charge is -2.14. The molecular weight excluding hydrogens is 416 g/mol. The smallest absolute Gasteiger partial charge is 0.268 e. The van der Waals surface area contributed by atoms with E-state index in [1.54, 1.807) is 6.26 Å². The van der Waals surface area contributed by atoms with E-state index < -0.39 is 0 Å². The Morgan fingerprint density at radius 2 is 1.93 bits per heavy atom. The number of aromatic nitrogens is 1. The number of amides is 2. The highest BCUT2D eigenvalue weighted by atomic mass is 32.2. The molecule has 4 aromatic rings. The van der Waals surface area contributed by atoms with Crippen LogP contribution in [0.2, 0.25) is 0 Å². The Bertz CT molecular complexity index is 1240. The number of carbonyl (C=O) groups is 2. The minimum Gasteiger partial charge on any atom is -0.468 e. The third-order valence-corrected chi connectivity index (χ3v) is 7.10. The molecule has 1 aliphatic heterocycles. The van der Waals surface area contributed by atoms with Crippen LogP contribution in [0.4, 0.5) is 0 Å². The zero-order valence-electron chi connectivity index (χ0n) is 16.0. The van der Waals surface area contributed by atoms with Crippen LogP contribution in [0.25, 0.3) is 16.5 Å². The van der Waals surface area contributed by atoms with Crippen molar-refractivity contribution in [2.45, 2.75) is 12.2 Å². The van der Waals surface area contributed by atoms with Crippen molar-refractivity contribution in [1.29, 1.82) is 0 Å². The van der Waals surface area contributed by atoms with Gasteiger partial charge in [-0.15, -0.1) is 23.1 Å². The fraction of sp³-hybridized carbons (Fsp3) is 0.130.